The van der Waals surface area contributed by atoms with E-state index >= 15 is 0 Å². The fourth-order valence-corrected chi connectivity index (χ4v) is 2.79. The summed E-state index contributed by atoms with van der Waals surface area (Å²) in [6.07, 6.45) is 2.18. The lowest BCUT2D eigenvalue weighted by molar-refractivity contribution is 0.0787. The van der Waals surface area contributed by atoms with Crippen LogP contribution in [0.3, 0.4) is 0 Å². The molecule has 3 heterocycles. The Balaban J connectivity index is 1.92. The standard InChI is InChI=1S/C14H19N5O/c1-9-13(10(2)18(3)17-9)11-8-12(16-15-11)14(20)19-6-4-5-7-19/h8H,4-7H2,1-3H3,(H,15,16). The summed E-state index contributed by atoms with van der Waals surface area (Å²) in [5, 5.41) is 11.5. The van der Waals surface area contributed by atoms with E-state index in [1.54, 1.807) is 0 Å². The summed E-state index contributed by atoms with van der Waals surface area (Å²) in [5.41, 5.74) is 4.33. The van der Waals surface area contributed by atoms with Gasteiger partial charge in [0, 0.05) is 31.4 Å². The van der Waals surface area contributed by atoms with E-state index in [0.29, 0.717) is 5.69 Å². The summed E-state index contributed by atoms with van der Waals surface area (Å²) >= 11 is 0. The van der Waals surface area contributed by atoms with Gasteiger partial charge in [-0.1, -0.05) is 0 Å². The molecule has 0 bridgehead atoms. The van der Waals surface area contributed by atoms with E-state index in [9.17, 15) is 4.79 Å². The van der Waals surface area contributed by atoms with Crippen LogP contribution in [0.25, 0.3) is 11.3 Å². The van der Waals surface area contributed by atoms with Crippen molar-refractivity contribution in [3.05, 3.63) is 23.1 Å². The normalized spacial score (nSPS) is 15.1. The molecule has 0 aromatic carbocycles. The van der Waals surface area contributed by atoms with Crippen LogP contribution in [-0.2, 0) is 7.05 Å². The lowest BCUT2D eigenvalue weighted by atomic mass is 10.1. The second-order valence-corrected chi connectivity index (χ2v) is 5.34. The minimum atomic E-state index is 0.0421. The number of likely N-dealkylation sites (tertiary alicyclic amines) is 1. The van der Waals surface area contributed by atoms with Gasteiger partial charge in [0.25, 0.3) is 5.91 Å². The molecule has 0 radical (unpaired) electrons. The Morgan fingerprint density at radius 3 is 2.60 bits per heavy atom. The van der Waals surface area contributed by atoms with Crippen molar-refractivity contribution < 1.29 is 4.79 Å². The number of amides is 1. The van der Waals surface area contributed by atoms with Gasteiger partial charge in [-0.25, -0.2) is 0 Å². The highest BCUT2D eigenvalue weighted by molar-refractivity contribution is 5.93. The van der Waals surface area contributed by atoms with E-state index in [1.165, 1.54) is 0 Å². The zero-order chi connectivity index (χ0) is 14.3. The monoisotopic (exact) mass is 273 g/mol. The van der Waals surface area contributed by atoms with Crippen molar-refractivity contribution in [2.24, 2.45) is 7.05 Å². The van der Waals surface area contributed by atoms with Gasteiger partial charge in [0.15, 0.2) is 0 Å². The molecule has 0 unspecified atom stereocenters. The Hall–Kier alpha value is -2.11. The Kier molecular flexibility index (Phi) is 3.08. The number of rotatable bonds is 2. The molecule has 0 aliphatic carbocycles. The predicted octanol–water partition coefficient (Wildman–Crippen LogP) is 1.66. The second-order valence-electron chi connectivity index (χ2n) is 5.34. The molecule has 1 amide bonds. The molecule has 2 aromatic rings. The van der Waals surface area contributed by atoms with E-state index < -0.39 is 0 Å². The largest absolute Gasteiger partial charge is 0.337 e. The zero-order valence-electron chi connectivity index (χ0n) is 12.1. The van der Waals surface area contributed by atoms with Crippen LogP contribution in [0.15, 0.2) is 6.07 Å². The molecule has 1 aliphatic rings. The van der Waals surface area contributed by atoms with Crippen molar-refractivity contribution in [1.82, 2.24) is 24.9 Å². The quantitative estimate of drug-likeness (QED) is 0.905. The average molecular weight is 273 g/mol. The molecule has 3 rings (SSSR count). The van der Waals surface area contributed by atoms with E-state index in [4.69, 9.17) is 0 Å². The van der Waals surface area contributed by atoms with Crippen molar-refractivity contribution in [2.75, 3.05) is 13.1 Å². The third-order valence-corrected chi connectivity index (χ3v) is 3.97. The van der Waals surface area contributed by atoms with Gasteiger partial charge in [0.1, 0.15) is 5.69 Å². The molecule has 1 aliphatic heterocycles. The van der Waals surface area contributed by atoms with Crippen LogP contribution < -0.4 is 0 Å². The molecule has 6 heteroatoms. The van der Waals surface area contributed by atoms with Gasteiger partial charge in [0.05, 0.1) is 11.4 Å². The number of carbonyl (C=O) groups excluding carboxylic acids is 1. The number of aromatic nitrogens is 4. The molecule has 0 atom stereocenters. The lowest BCUT2D eigenvalue weighted by Gasteiger charge is -2.12. The maximum Gasteiger partial charge on any atom is 0.271 e. The highest BCUT2D eigenvalue weighted by Crippen LogP contribution is 2.25. The molecule has 0 saturated carbocycles. The smallest absolute Gasteiger partial charge is 0.271 e. The van der Waals surface area contributed by atoms with Crippen LogP contribution >= 0.6 is 0 Å². The van der Waals surface area contributed by atoms with Crippen LogP contribution in [0, 0.1) is 13.8 Å². The van der Waals surface area contributed by atoms with E-state index in [2.05, 4.69) is 15.3 Å². The van der Waals surface area contributed by atoms with Crippen LogP contribution in [0.5, 0.6) is 0 Å². The van der Waals surface area contributed by atoms with Gasteiger partial charge in [-0.05, 0) is 32.8 Å². The van der Waals surface area contributed by atoms with Crippen molar-refractivity contribution in [2.45, 2.75) is 26.7 Å². The first-order chi connectivity index (χ1) is 9.58. The minimum Gasteiger partial charge on any atom is -0.337 e. The SMILES string of the molecule is Cc1nn(C)c(C)c1-c1cc(C(=O)N2CCCC2)[nH]n1. The third-order valence-electron chi connectivity index (χ3n) is 3.97. The van der Waals surface area contributed by atoms with E-state index in [1.807, 2.05) is 36.5 Å². The molecule has 1 fully saturated rings. The third kappa shape index (κ3) is 2.01. The van der Waals surface area contributed by atoms with E-state index in [0.717, 1.165) is 48.6 Å². The van der Waals surface area contributed by atoms with Crippen molar-refractivity contribution in [3.8, 4) is 11.3 Å². The summed E-state index contributed by atoms with van der Waals surface area (Å²) in [6.45, 7) is 5.65. The van der Waals surface area contributed by atoms with Crippen LogP contribution in [0.1, 0.15) is 34.7 Å². The Morgan fingerprint density at radius 1 is 1.30 bits per heavy atom. The molecule has 106 valence electrons. The topological polar surface area (TPSA) is 66.8 Å². The van der Waals surface area contributed by atoms with Gasteiger partial charge in [-0.15, -0.1) is 0 Å². The number of aromatic amines is 1. The van der Waals surface area contributed by atoms with E-state index in [-0.39, 0.29) is 5.91 Å². The Labute approximate surface area is 117 Å². The fraction of sp³-hybridized carbons (Fsp3) is 0.500. The summed E-state index contributed by atoms with van der Waals surface area (Å²) in [4.78, 5) is 14.2. The molecule has 20 heavy (non-hydrogen) atoms. The summed E-state index contributed by atoms with van der Waals surface area (Å²) in [6, 6.07) is 1.83. The number of hydrogen-bond donors (Lipinski definition) is 1. The first-order valence-corrected chi connectivity index (χ1v) is 6.93. The van der Waals surface area contributed by atoms with Crippen LogP contribution in [0.4, 0.5) is 0 Å². The van der Waals surface area contributed by atoms with Crippen molar-refractivity contribution in [3.63, 3.8) is 0 Å². The fourth-order valence-electron chi connectivity index (χ4n) is 2.79. The van der Waals surface area contributed by atoms with Crippen molar-refractivity contribution >= 4 is 5.91 Å². The van der Waals surface area contributed by atoms with Gasteiger partial charge in [-0.3, -0.25) is 14.6 Å². The van der Waals surface area contributed by atoms with Gasteiger partial charge < -0.3 is 4.90 Å². The molecule has 2 aromatic heterocycles. The molecular weight excluding hydrogens is 254 g/mol. The number of nitrogens with one attached hydrogen (secondary N) is 1. The zero-order valence-corrected chi connectivity index (χ0v) is 12.1. The number of hydrogen-bond acceptors (Lipinski definition) is 3. The first kappa shape index (κ1) is 12.9. The maximum absolute atomic E-state index is 12.3. The number of nitrogens with zero attached hydrogens (tertiary/aromatic N) is 4. The number of H-pyrrole nitrogens is 1. The molecule has 6 nitrogen and oxygen atoms in total. The van der Waals surface area contributed by atoms with Gasteiger partial charge in [-0.2, -0.15) is 10.2 Å². The summed E-state index contributed by atoms with van der Waals surface area (Å²) in [5.74, 6) is 0.0421. The highest BCUT2D eigenvalue weighted by Gasteiger charge is 2.22. The predicted molar refractivity (Wildman–Crippen MR) is 75.4 cm³/mol. The maximum atomic E-state index is 12.3. The van der Waals surface area contributed by atoms with Crippen LogP contribution in [0.2, 0.25) is 0 Å². The summed E-state index contributed by atoms with van der Waals surface area (Å²) in [7, 11) is 1.91. The second kappa shape index (κ2) is 4.77. The number of carbonyl (C=O) groups is 1. The first-order valence-electron chi connectivity index (χ1n) is 6.93. The highest BCUT2D eigenvalue weighted by atomic mass is 16.2. The Bertz CT molecular complexity index is 649. The average Bonchev–Trinajstić information content (AvgIpc) is 3.12. The van der Waals surface area contributed by atoms with Crippen LogP contribution in [-0.4, -0.2) is 43.9 Å². The molecular formula is C14H19N5O. The molecule has 0 spiro atoms. The summed E-state index contributed by atoms with van der Waals surface area (Å²) < 4.78 is 1.83. The van der Waals surface area contributed by atoms with Gasteiger partial charge >= 0.3 is 0 Å². The van der Waals surface area contributed by atoms with Crippen molar-refractivity contribution in [1.29, 1.82) is 0 Å². The minimum absolute atomic E-state index is 0.0421. The number of aryl methyl sites for hydroxylation is 2. The van der Waals surface area contributed by atoms with Gasteiger partial charge in [0.2, 0.25) is 0 Å². The molecule has 1 saturated heterocycles. The molecule has 1 N–H and O–H groups in total. The Morgan fingerprint density at radius 2 is 2.00 bits per heavy atom. The lowest BCUT2D eigenvalue weighted by Crippen LogP contribution is -2.27.